The van der Waals surface area contributed by atoms with Gasteiger partial charge in [-0.3, -0.25) is 9.78 Å². The molecule has 1 N–H and O–H groups in total. The van der Waals surface area contributed by atoms with Gasteiger partial charge in [-0.2, -0.15) is 0 Å². The quantitative estimate of drug-likeness (QED) is 0.815. The molecule has 0 unspecified atom stereocenters. The van der Waals surface area contributed by atoms with Crippen molar-refractivity contribution in [2.24, 2.45) is 0 Å². The predicted octanol–water partition coefficient (Wildman–Crippen LogP) is 3.66. The van der Waals surface area contributed by atoms with Gasteiger partial charge in [-0.05, 0) is 37.4 Å². The van der Waals surface area contributed by atoms with E-state index in [4.69, 9.17) is 16.3 Å². The van der Waals surface area contributed by atoms with E-state index in [2.05, 4.69) is 10.3 Å². The highest BCUT2D eigenvalue weighted by atomic mass is 35.5. The number of aromatic nitrogens is 1. The molecule has 0 aliphatic rings. The van der Waals surface area contributed by atoms with Crippen LogP contribution in [0.25, 0.3) is 0 Å². The van der Waals surface area contributed by atoms with Gasteiger partial charge < -0.3 is 15.0 Å². The highest BCUT2D eigenvalue weighted by Gasteiger charge is 2.13. The van der Waals surface area contributed by atoms with Crippen LogP contribution in [0.2, 0.25) is 5.02 Å². The number of carbonyl (C=O) groups excluding carboxylic acids is 1. The Morgan fingerprint density at radius 2 is 1.92 bits per heavy atom. The van der Waals surface area contributed by atoms with Gasteiger partial charge in [0.05, 0.1) is 5.02 Å². The Hall–Kier alpha value is -1.53. The number of hydrogen-bond donors (Lipinski definition) is 1. The molecule has 0 saturated carbocycles. The summed E-state index contributed by atoms with van der Waals surface area (Å²) in [6.45, 7) is 1.36. The monoisotopic (exact) mass is 391 g/mol. The minimum absolute atomic E-state index is 0. The van der Waals surface area contributed by atoms with E-state index in [9.17, 15) is 4.79 Å². The van der Waals surface area contributed by atoms with Crippen LogP contribution in [0.1, 0.15) is 10.4 Å². The molecule has 0 aliphatic heterocycles. The number of amides is 1. The zero-order chi connectivity index (χ0) is 15.9. The van der Waals surface area contributed by atoms with Crippen LogP contribution in [-0.4, -0.2) is 43.0 Å². The van der Waals surface area contributed by atoms with Crippen molar-refractivity contribution in [1.82, 2.24) is 15.2 Å². The third-order valence-corrected chi connectivity index (χ3v) is 3.40. The molecular weight excluding hydrogens is 373 g/mol. The van der Waals surface area contributed by atoms with Crippen molar-refractivity contribution in [1.29, 1.82) is 0 Å². The molecule has 2 aromatic rings. The second-order valence-corrected chi connectivity index (χ2v) is 5.17. The Balaban J connectivity index is 0.00000264. The first-order valence-corrected chi connectivity index (χ1v) is 7.27. The highest BCUT2D eigenvalue weighted by molar-refractivity contribution is 6.32. The summed E-state index contributed by atoms with van der Waals surface area (Å²) in [7, 11) is 3.61. The van der Waals surface area contributed by atoms with Gasteiger partial charge in [0, 0.05) is 38.1 Å². The average molecular weight is 393 g/mol. The maximum atomic E-state index is 12.3. The molecule has 0 saturated heterocycles. The van der Waals surface area contributed by atoms with Crippen LogP contribution < -0.4 is 10.1 Å². The lowest BCUT2D eigenvalue weighted by atomic mass is 10.2. The lowest BCUT2D eigenvalue weighted by Crippen LogP contribution is -2.32. The van der Waals surface area contributed by atoms with E-state index in [0.717, 1.165) is 6.54 Å². The summed E-state index contributed by atoms with van der Waals surface area (Å²) in [5.41, 5.74) is 0.533. The van der Waals surface area contributed by atoms with Crippen molar-refractivity contribution in [3.8, 4) is 11.5 Å². The van der Waals surface area contributed by atoms with Gasteiger partial charge in [-0.1, -0.05) is 11.6 Å². The normalized spacial score (nSPS) is 9.46. The van der Waals surface area contributed by atoms with Crippen molar-refractivity contribution in [3.63, 3.8) is 0 Å². The third-order valence-electron chi connectivity index (χ3n) is 3.10. The van der Waals surface area contributed by atoms with Gasteiger partial charge in [0.2, 0.25) is 0 Å². The second kappa shape index (κ2) is 11.1. The van der Waals surface area contributed by atoms with Gasteiger partial charge in [0.1, 0.15) is 11.5 Å². The molecule has 1 aromatic carbocycles. The molecule has 1 heterocycles. The molecule has 132 valence electrons. The summed E-state index contributed by atoms with van der Waals surface area (Å²) in [5, 5.41) is 3.40. The zero-order valence-electron chi connectivity index (χ0n) is 13.4. The fraction of sp³-hybridized carbons (Fsp3) is 0.250. The first-order valence-electron chi connectivity index (χ1n) is 6.89. The maximum Gasteiger partial charge on any atom is 0.253 e. The fourth-order valence-corrected chi connectivity index (χ4v) is 2.07. The molecular formula is C16H20Cl3N3O2. The van der Waals surface area contributed by atoms with Crippen LogP contribution in [0.4, 0.5) is 0 Å². The van der Waals surface area contributed by atoms with Crippen molar-refractivity contribution in [2.75, 3.05) is 27.2 Å². The molecule has 0 radical (unpaired) electrons. The van der Waals surface area contributed by atoms with Gasteiger partial charge in [-0.15, -0.1) is 24.8 Å². The summed E-state index contributed by atoms with van der Waals surface area (Å²) in [4.78, 5) is 17.8. The molecule has 0 atom stereocenters. The Bertz CT molecular complexity index is 642. The van der Waals surface area contributed by atoms with Gasteiger partial charge in [0.25, 0.3) is 5.91 Å². The maximum absolute atomic E-state index is 12.3. The van der Waals surface area contributed by atoms with E-state index in [0.29, 0.717) is 28.6 Å². The van der Waals surface area contributed by atoms with Gasteiger partial charge in [0.15, 0.2) is 0 Å². The number of rotatable bonds is 6. The fourth-order valence-electron chi connectivity index (χ4n) is 1.85. The van der Waals surface area contributed by atoms with Crippen molar-refractivity contribution in [2.45, 2.75) is 0 Å². The van der Waals surface area contributed by atoms with Crippen molar-refractivity contribution in [3.05, 3.63) is 53.3 Å². The highest BCUT2D eigenvalue weighted by Crippen LogP contribution is 2.30. The van der Waals surface area contributed by atoms with E-state index in [1.807, 2.05) is 7.05 Å². The standard InChI is InChI=1S/C16H18ClN3O2.2ClH/c1-18-9-10-20(2)16(21)12-3-4-15(14(17)11-12)22-13-5-7-19-8-6-13;;/h3-8,11,18H,9-10H2,1-2H3;2*1H. The lowest BCUT2D eigenvalue weighted by Gasteiger charge is -2.17. The van der Waals surface area contributed by atoms with E-state index >= 15 is 0 Å². The van der Waals surface area contributed by atoms with E-state index in [1.54, 1.807) is 54.7 Å². The Labute approximate surface area is 159 Å². The smallest absolute Gasteiger partial charge is 0.253 e. The van der Waals surface area contributed by atoms with Crippen molar-refractivity contribution < 1.29 is 9.53 Å². The van der Waals surface area contributed by atoms with E-state index in [-0.39, 0.29) is 30.7 Å². The summed E-state index contributed by atoms with van der Waals surface area (Å²) >= 11 is 6.21. The summed E-state index contributed by atoms with van der Waals surface area (Å²) in [6, 6.07) is 8.50. The molecule has 0 fully saturated rings. The largest absolute Gasteiger partial charge is 0.456 e. The van der Waals surface area contributed by atoms with Crippen LogP contribution >= 0.6 is 36.4 Å². The molecule has 24 heavy (non-hydrogen) atoms. The number of likely N-dealkylation sites (N-methyl/N-ethyl adjacent to an activating group) is 2. The molecule has 8 heteroatoms. The first kappa shape index (κ1) is 22.5. The zero-order valence-corrected chi connectivity index (χ0v) is 15.7. The van der Waals surface area contributed by atoms with Gasteiger partial charge in [-0.25, -0.2) is 0 Å². The first-order chi connectivity index (χ1) is 10.6. The summed E-state index contributed by atoms with van der Waals surface area (Å²) in [6.07, 6.45) is 3.27. The number of ether oxygens (including phenoxy) is 1. The Kier molecular flexibility index (Phi) is 10.4. The molecule has 0 spiro atoms. The summed E-state index contributed by atoms with van der Waals surface area (Å²) < 4.78 is 5.66. The average Bonchev–Trinajstić information content (AvgIpc) is 2.54. The van der Waals surface area contributed by atoms with Crippen LogP contribution in [0.5, 0.6) is 11.5 Å². The second-order valence-electron chi connectivity index (χ2n) is 4.76. The number of nitrogens with one attached hydrogen (secondary N) is 1. The molecule has 0 bridgehead atoms. The third kappa shape index (κ3) is 6.17. The minimum atomic E-state index is -0.0763. The SMILES string of the molecule is CNCCN(C)C(=O)c1ccc(Oc2ccncc2)c(Cl)c1.Cl.Cl. The van der Waals surface area contributed by atoms with E-state index < -0.39 is 0 Å². The molecule has 0 aliphatic carbocycles. The topological polar surface area (TPSA) is 54.5 Å². The summed E-state index contributed by atoms with van der Waals surface area (Å²) in [5.74, 6) is 1.07. The lowest BCUT2D eigenvalue weighted by molar-refractivity contribution is 0.0797. The molecule has 1 aromatic heterocycles. The molecule has 2 rings (SSSR count). The van der Waals surface area contributed by atoms with Crippen LogP contribution in [-0.2, 0) is 0 Å². The number of pyridine rings is 1. The Morgan fingerprint density at radius 3 is 2.50 bits per heavy atom. The number of carbonyl (C=O) groups is 1. The Morgan fingerprint density at radius 1 is 1.25 bits per heavy atom. The number of benzene rings is 1. The molecule has 1 amide bonds. The van der Waals surface area contributed by atoms with Gasteiger partial charge >= 0.3 is 0 Å². The van der Waals surface area contributed by atoms with Crippen LogP contribution in [0.15, 0.2) is 42.7 Å². The predicted molar refractivity (Wildman–Crippen MR) is 101 cm³/mol. The van der Waals surface area contributed by atoms with E-state index in [1.165, 1.54) is 0 Å². The van der Waals surface area contributed by atoms with Crippen molar-refractivity contribution >= 4 is 42.3 Å². The minimum Gasteiger partial charge on any atom is -0.456 e. The van der Waals surface area contributed by atoms with Crippen LogP contribution in [0.3, 0.4) is 0 Å². The molecule has 5 nitrogen and oxygen atoms in total. The number of nitrogens with zero attached hydrogens (tertiary/aromatic N) is 2. The number of hydrogen-bond acceptors (Lipinski definition) is 4. The number of halogens is 3. The van der Waals surface area contributed by atoms with Crippen LogP contribution in [0, 0.1) is 0 Å².